The highest BCUT2D eigenvalue weighted by molar-refractivity contribution is 4.98. The molecule has 2 saturated heterocycles. The first-order valence-electron chi connectivity index (χ1n) is 5.41. The summed E-state index contributed by atoms with van der Waals surface area (Å²) in [6.07, 6.45) is -0.367. The molecule has 0 aromatic heterocycles. The third kappa shape index (κ3) is 2.16. The van der Waals surface area contributed by atoms with Crippen molar-refractivity contribution in [3.8, 4) is 0 Å². The number of ether oxygens (including phenoxy) is 2. The van der Waals surface area contributed by atoms with Gasteiger partial charge in [-0.2, -0.15) is 0 Å². The van der Waals surface area contributed by atoms with Crippen molar-refractivity contribution < 1.29 is 19.7 Å². The van der Waals surface area contributed by atoms with Crippen molar-refractivity contribution in [1.29, 1.82) is 0 Å². The quantitative estimate of drug-likeness (QED) is 0.566. The van der Waals surface area contributed by atoms with Crippen LogP contribution in [0.4, 0.5) is 0 Å². The van der Waals surface area contributed by atoms with E-state index in [2.05, 4.69) is 5.32 Å². The minimum atomic E-state index is -0.643. The topological polar surface area (TPSA) is 71.0 Å². The molecule has 2 aliphatic heterocycles. The zero-order valence-corrected chi connectivity index (χ0v) is 9.14. The number of aliphatic hydroxyl groups excluding tert-OH is 2. The number of fused-ring (bicyclic) bond motifs is 1. The van der Waals surface area contributed by atoms with Crippen LogP contribution in [0, 0.1) is 0 Å². The van der Waals surface area contributed by atoms with E-state index in [9.17, 15) is 5.11 Å². The Morgan fingerprint density at radius 1 is 1.33 bits per heavy atom. The minimum absolute atomic E-state index is 0.0603. The molecule has 0 aromatic rings. The van der Waals surface area contributed by atoms with Crippen LogP contribution in [0.3, 0.4) is 0 Å². The Morgan fingerprint density at radius 2 is 2.00 bits per heavy atom. The molecule has 0 amide bonds. The Labute approximate surface area is 89.4 Å². The van der Waals surface area contributed by atoms with Gasteiger partial charge in [-0.25, -0.2) is 0 Å². The average Bonchev–Trinajstić information content (AvgIpc) is 2.47. The molecule has 5 nitrogen and oxygen atoms in total. The molecular weight excluding hydrogens is 198 g/mol. The zero-order chi connectivity index (χ0) is 11.1. The largest absolute Gasteiger partial charge is 0.396 e. The van der Waals surface area contributed by atoms with Gasteiger partial charge >= 0.3 is 0 Å². The Hall–Kier alpha value is -0.200. The van der Waals surface area contributed by atoms with Crippen LogP contribution >= 0.6 is 0 Å². The van der Waals surface area contributed by atoms with Crippen molar-refractivity contribution in [2.24, 2.45) is 0 Å². The number of β-amino-alcohol motifs (C(OH)–C–C–N with tert-alkyl or cyclic N) is 1. The second kappa shape index (κ2) is 3.99. The van der Waals surface area contributed by atoms with Gasteiger partial charge in [0.1, 0.15) is 12.2 Å². The summed E-state index contributed by atoms with van der Waals surface area (Å²) in [7, 11) is 0. The van der Waals surface area contributed by atoms with Crippen LogP contribution in [0.2, 0.25) is 0 Å². The molecule has 15 heavy (non-hydrogen) atoms. The van der Waals surface area contributed by atoms with E-state index in [1.807, 2.05) is 13.8 Å². The predicted octanol–water partition coefficient (Wildman–Crippen LogP) is -0.778. The number of hydrogen-bond acceptors (Lipinski definition) is 5. The fourth-order valence-corrected chi connectivity index (χ4v) is 2.34. The van der Waals surface area contributed by atoms with E-state index < -0.39 is 11.9 Å². The second-order valence-corrected chi connectivity index (χ2v) is 4.66. The van der Waals surface area contributed by atoms with Gasteiger partial charge in [0, 0.05) is 19.2 Å². The molecule has 2 aliphatic rings. The second-order valence-electron chi connectivity index (χ2n) is 4.66. The summed E-state index contributed by atoms with van der Waals surface area (Å²) in [5, 5.41) is 21.9. The predicted molar refractivity (Wildman–Crippen MR) is 53.3 cm³/mol. The average molecular weight is 217 g/mol. The highest BCUT2D eigenvalue weighted by Crippen LogP contribution is 2.34. The fraction of sp³-hybridized carbons (Fsp3) is 1.00. The normalized spacial score (nSPS) is 44.0. The molecule has 0 bridgehead atoms. The van der Waals surface area contributed by atoms with E-state index in [0.29, 0.717) is 13.0 Å². The van der Waals surface area contributed by atoms with Crippen molar-refractivity contribution in [2.45, 2.75) is 50.4 Å². The number of piperidine rings is 1. The van der Waals surface area contributed by atoms with Crippen LogP contribution in [-0.4, -0.2) is 53.5 Å². The molecule has 4 atom stereocenters. The van der Waals surface area contributed by atoms with E-state index >= 15 is 0 Å². The molecule has 0 radical (unpaired) electrons. The molecule has 2 rings (SSSR count). The number of rotatable bonds is 2. The van der Waals surface area contributed by atoms with Crippen molar-refractivity contribution in [3.05, 3.63) is 0 Å². The van der Waals surface area contributed by atoms with Gasteiger partial charge in [-0.15, -0.1) is 0 Å². The first kappa shape index (κ1) is 11.3. The molecule has 2 fully saturated rings. The molecule has 2 heterocycles. The minimum Gasteiger partial charge on any atom is -0.396 e. The third-order valence-electron chi connectivity index (χ3n) is 2.97. The lowest BCUT2D eigenvalue weighted by Crippen LogP contribution is -2.58. The first-order chi connectivity index (χ1) is 7.03. The number of aliphatic hydroxyl groups is 2. The maximum absolute atomic E-state index is 9.77. The SMILES string of the molecule is CC1(C)O[C@@H]2[C@H](O1)[C@H](O)CN[C@H]2CCO. The van der Waals surface area contributed by atoms with Gasteiger partial charge in [0.25, 0.3) is 0 Å². The fourth-order valence-electron chi connectivity index (χ4n) is 2.34. The lowest BCUT2D eigenvalue weighted by atomic mass is 9.94. The highest BCUT2D eigenvalue weighted by Gasteiger charge is 2.50. The Balaban J connectivity index is 2.09. The molecular formula is C10H19NO4. The Bertz CT molecular complexity index is 233. The summed E-state index contributed by atoms with van der Waals surface area (Å²) >= 11 is 0. The molecule has 0 aromatic carbocycles. The maximum atomic E-state index is 9.77. The van der Waals surface area contributed by atoms with Crippen molar-refractivity contribution in [2.75, 3.05) is 13.2 Å². The van der Waals surface area contributed by atoms with Gasteiger partial charge in [0.15, 0.2) is 5.79 Å². The van der Waals surface area contributed by atoms with E-state index in [1.54, 1.807) is 0 Å². The van der Waals surface area contributed by atoms with Crippen LogP contribution in [0.5, 0.6) is 0 Å². The number of nitrogens with one attached hydrogen (secondary N) is 1. The van der Waals surface area contributed by atoms with Gasteiger partial charge in [-0.05, 0) is 20.3 Å². The van der Waals surface area contributed by atoms with E-state index in [1.165, 1.54) is 0 Å². The summed E-state index contributed by atoms with van der Waals surface area (Å²) < 4.78 is 11.4. The third-order valence-corrected chi connectivity index (χ3v) is 2.97. The lowest BCUT2D eigenvalue weighted by Gasteiger charge is -2.35. The first-order valence-corrected chi connectivity index (χ1v) is 5.41. The molecule has 3 N–H and O–H groups in total. The Kier molecular flexibility index (Phi) is 3.00. The molecule has 0 aliphatic carbocycles. The van der Waals surface area contributed by atoms with Gasteiger partial charge in [-0.3, -0.25) is 0 Å². The van der Waals surface area contributed by atoms with Crippen LogP contribution in [0.15, 0.2) is 0 Å². The Morgan fingerprint density at radius 3 is 2.67 bits per heavy atom. The summed E-state index contributed by atoms with van der Waals surface area (Å²) in [6.45, 7) is 4.29. The van der Waals surface area contributed by atoms with E-state index in [4.69, 9.17) is 14.6 Å². The summed E-state index contributed by atoms with van der Waals surface area (Å²) in [5.74, 6) is -0.643. The summed E-state index contributed by atoms with van der Waals surface area (Å²) in [6, 6.07) is 0.0603. The lowest BCUT2D eigenvalue weighted by molar-refractivity contribution is -0.153. The van der Waals surface area contributed by atoms with E-state index in [0.717, 1.165) is 0 Å². The van der Waals surface area contributed by atoms with Crippen molar-refractivity contribution in [3.63, 3.8) is 0 Å². The van der Waals surface area contributed by atoms with Crippen LogP contribution < -0.4 is 5.32 Å². The highest BCUT2D eigenvalue weighted by atomic mass is 16.8. The smallest absolute Gasteiger partial charge is 0.163 e. The van der Waals surface area contributed by atoms with Crippen molar-refractivity contribution in [1.82, 2.24) is 5.32 Å². The summed E-state index contributed by atoms with van der Waals surface area (Å²) in [4.78, 5) is 0. The molecule has 5 heteroatoms. The molecule has 0 spiro atoms. The molecule has 0 saturated carbocycles. The van der Waals surface area contributed by atoms with Gasteiger partial charge < -0.3 is 25.0 Å². The maximum Gasteiger partial charge on any atom is 0.163 e. The zero-order valence-electron chi connectivity index (χ0n) is 9.14. The van der Waals surface area contributed by atoms with Gasteiger partial charge in [-0.1, -0.05) is 0 Å². The van der Waals surface area contributed by atoms with Gasteiger partial charge in [0.05, 0.1) is 6.10 Å². The van der Waals surface area contributed by atoms with Crippen LogP contribution in [-0.2, 0) is 9.47 Å². The van der Waals surface area contributed by atoms with Crippen LogP contribution in [0.1, 0.15) is 20.3 Å². The van der Waals surface area contributed by atoms with Crippen LogP contribution in [0.25, 0.3) is 0 Å². The monoisotopic (exact) mass is 217 g/mol. The standard InChI is InChI=1S/C10H19NO4/c1-10(2)14-8-6(3-4-12)11-5-7(13)9(8)15-10/h6-9,11-13H,3-5H2,1-2H3/t6-,7+,8-,9+/m0/s1. The number of hydrogen-bond donors (Lipinski definition) is 3. The summed E-state index contributed by atoms with van der Waals surface area (Å²) in [5.41, 5.74) is 0. The van der Waals surface area contributed by atoms with E-state index in [-0.39, 0.29) is 24.9 Å². The molecule has 88 valence electrons. The van der Waals surface area contributed by atoms with Crippen molar-refractivity contribution >= 4 is 0 Å². The van der Waals surface area contributed by atoms with Gasteiger partial charge in [0.2, 0.25) is 0 Å². The molecule has 0 unspecified atom stereocenters.